The van der Waals surface area contributed by atoms with Gasteiger partial charge in [0, 0.05) is 0 Å². The van der Waals surface area contributed by atoms with Gasteiger partial charge in [0.1, 0.15) is 0 Å². The second kappa shape index (κ2) is 39.6. The first-order valence-electron chi connectivity index (χ1n) is 4.31. The van der Waals surface area contributed by atoms with Gasteiger partial charge in [-0.1, -0.05) is 33.6 Å². The second-order valence-electron chi connectivity index (χ2n) is 2.02. The fraction of sp³-hybridized carbons (Fsp3) is 0.800. The van der Waals surface area contributed by atoms with E-state index in [4.69, 9.17) is 4.79 Å². The van der Waals surface area contributed by atoms with Crippen molar-refractivity contribution in [2.24, 2.45) is 0 Å². The zero-order chi connectivity index (χ0) is 9.54. The van der Waals surface area contributed by atoms with Crippen LogP contribution in [-0.2, 0) is 4.79 Å². The van der Waals surface area contributed by atoms with Crippen LogP contribution in [0.25, 0.3) is 0 Å². The fourth-order valence-electron chi connectivity index (χ4n) is 0. The van der Waals surface area contributed by atoms with Gasteiger partial charge in [-0.15, -0.1) is 0 Å². The maximum Gasteiger partial charge on any atom is 1.00 e. The molecule has 0 bridgehead atoms. The average molecular weight is 197 g/mol. The quantitative estimate of drug-likeness (QED) is 0.467. The van der Waals surface area contributed by atoms with Crippen LogP contribution in [0, 0.1) is 6.42 Å². The summed E-state index contributed by atoms with van der Waals surface area (Å²) in [5.41, 5.74) is 0. The number of unbranched alkanes of at least 4 members (excludes halogenated alkanes) is 2. The first-order valence-corrected chi connectivity index (χ1v) is 4.31. The van der Waals surface area contributed by atoms with Crippen LogP contribution in [0.4, 0.5) is 0 Å². The third kappa shape index (κ3) is 110. The Kier molecular flexibility index (Phi) is 76.7. The molecule has 0 rings (SSSR count). The summed E-state index contributed by atoms with van der Waals surface area (Å²) < 4.78 is 0. The molecule has 0 aromatic rings. The van der Waals surface area contributed by atoms with Crippen molar-refractivity contribution in [1.82, 2.24) is 0 Å². The fourth-order valence-corrected chi connectivity index (χ4v) is 0. The number of hydrogen-bond acceptors (Lipinski definition) is 1. The van der Waals surface area contributed by atoms with E-state index >= 15 is 0 Å². The van der Waals surface area contributed by atoms with E-state index in [2.05, 4.69) is 34.1 Å². The smallest absolute Gasteiger partial charge is 0.542 e. The van der Waals surface area contributed by atoms with Crippen molar-refractivity contribution in [1.29, 1.82) is 0 Å². The standard InChI is InChI=1S/C4H10.C4H9.C2H3O.K/c2*1-3-4-2;1-2-3;/h3-4H2,1-2H3;3H,4H2,1-2H3;1H3;/q;2*-1;+1. The van der Waals surface area contributed by atoms with Crippen LogP contribution in [-0.4, -0.2) is 6.29 Å². The number of rotatable bonds is 2. The summed E-state index contributed by atoms with van der Waals surface area (Å²) in [7, 11) is 0. The monoisotopic (exact) mass is 197 g/mol. The van der Waals surface area contributed by atoms with E-state index in [1.165, 1.54) is 32.5 Å². The van der Waals surface area contributed by atoms with Crippen LogP contribution in [0.15, 0.2) is 0 Å². The first kappa shape index (κ1) is 23.3. The predicted molar refractivity (Wildman–Crippen MR) is 52.2 cm³/mol. The van der Waals surface area contributed by atoms with Gasteiger partial charge in [-0.25, -0.2) is 0 Å². The second-order valence-corrected chi connectivity index (χ2v) is 2.02. The van der Waals surface area contributed by atoms with Crippen molar-refractivity contribution < 1.29 is 56.2 Å². The molecule has 0 saturated carbocycles. The Morgan fingerprint density at radius 1 is 1.17 bits per heavy atom. The van der Waals surface area contributed by atoms with Crippen molar-refractivity contribution >= 4 is 6.29 Å². The van der Waals surface area contributed by atoms with Gasteiger partial charge < -0.3 is 11.2 Å². The van der Waals surface area contributed by atoms with Crippen molar-refractivity contribution in [3.05, 3.63) is 6.42 Å². The molecule has 0 atom stereocenters. The topological polar surface area (TPSA) is 17.1 Å². The minimum Gasteiger partial charge on any atom is -0.542 e. The van der Waals surface area contributed by atoms with Gasteiger partial charge in [-0.3, -0.25) is 6.29 Å². The van der Waals surface area contributed by atoms with Crippen molar-refractivity contribution in [2.45, 2.75) is 53.9 Å². The largest absolute Gasteiger partial charge is 1.00 e. The van der Waals surface area contributed by atoms with E-state index < -0.39 is 0 Å². The number of carbonyl (C=O) groups excluding carboxylic acids is 1. The van der Waals surface area contributed by atoms with E-state index in [0.717, 1.165) is 0 Å². The summed E-state index contributed by atoms with van der Waals surface area (Å²) in [6.45, 7) is 9.86. The Morgan fingerprint density at radius 2 is 1.33 bits per heavy atom. The van der Waals surface area contributed by atoms with Crippen molar-refractivity contribution in [3.8, 4) is 0 Å². The van der Waals surface area contributed by atoms with E-state index in [0.29, 0.717) is 0 Å². The molecular weight excluding hydrogens is 175 g/mol. The van der Waals surface area contributed by atoms with E-state index in [-0.39, 0.29) is 51.4 Å². The summed E-state index contributed by atoms with van der Waals surface area (Å²) >= 11 is 0. The van der Waals surface area contributed by atoms with E-state index in [9.17, 15) is 0 Å². The molecule has 0 fully saturated rings. The van der Waals surface area contributed by atoms with Crippen LogP contribution in [0.5, 0.6) is 0 Å². The SMILES string of the molecule is CCCC.C[C-]=O.C[CH-]CC.[K+]. The minimum atomic E-state index is 0. The first-order chi connectivity index (χ1) is 5.24. The Labute approximate surface area is 121 Å². The molecule has 2 heteroatoms. The average Bonchev–Trinajstić information content (AvgIpc) is 2.06. The van der Waals surface area contributed by atoms with E-state index in [1.807, 2.05) is 0 Å². The molecule has 0 aromatic heterocycles. The molecule has 0 spiro atoms. The van der Waals surface area contributed by atoms with Crippen molar-refractivity contribution in [2.75, 3.05) is 0 Å². The molecule has 0 unspecified atom stereocenters. The molecule has 0 radical (unpaired) electrons. The molecule has 0 N–H and O–H groups in total. The van der Waals surface area contributed by atoms with Gasteiger partial charge in [-0.05, 0) is 0 Å². The Balaban J connectivity index is -0.0000000389. The summed E-state index contributed by atoms with van der Waals surface area (Å²) in [6, 6.07) is 0. The molecule has 0 amide bonds. The Morgan fingerprint density at radius 3 is 1.33 bits per heavy atom. The molecule has 70 valence electrons. The predicted octanol–water partition coefficient (Wildman–Crippen LogP) is 0.547. The molecule has 0 aliphatic heterocycles. The molecule has 0 aromatic carbocycles. The van der Waals surface area contributed by atoms with Crippen LogP contribution in [0.2, 0.25) is 0 Å². The molecule has 1 nitrogen and oxygen atoms in total. The van der Waals surface area contributed by atoms with Crippen LogP contribution in [0.1, 0.15) is 53.9 Å². The molecule has 12 heavy (non-hydrogen) atoms. The maximum absolute atomic E-state index is 8.68. The maximum atomic E-state index is 8.68. The third-order valence-electron chi connectivity index (χ3n) is 0.908. The van der Waals surface area contributed by atoms with Gasteiger partial charge in [-0.2, -0.15) is 20.3 Å². The summed E-state index contributed by atoms with van der Waals surface area (Å²) in [4.78, 5) is 8.68. The Hall–Kier alpha value is 1.31. The number of hydrogen-bond donors (Lipinski definition) is 0. The normalized spacial score (nSPS) is 6.08. The van der Waals surface area contributed by atoms with Gasteiger partial charge in [0.15, 0.2) is 0 Å². The molecular formula is C10H22KO-. The van der Waals surface area contributed by atoms with Gasteiger partial charge in [0.05, 0.1) is 0 Å². The van der Waals surface area contributed by atoms with Gasteiger partial charge in [0.25, 0.3) is 0 Å². The molecule has 0 aliphatic rings. The van der Waals surface area contributed by atoms with Crippen LogP contribution in [0.3, 0.4) is 0 Å². The van der Waals surface area contributed by atoms with Crippen LogP contribution < -0.4 is 51.4 Å². The van der Waals surface area contributed by atoms with E-state index in [1.54, 1.807) is 0 Å². The summed E-state index contributed by atoms with van der Waals surface area (Å²) in [5.74, 6) is 0. The zero-order valence-electron chi connectivity index (χ0n) is 9.61. The van der Waals surface area contributed by atoms with Crippen LogP contribution >= 0.6 is 0 Å². The third-order valence-corrected chi connectivity index (χ3v) is 0.908. The van der Waals surface area contributed by atoms with Gasteiger partial charge >= 0.3 is 51.4 Å². The Bertz CT molecular complexity index is 39.1. The molecule has 0 heterocycles. The molecule has 0 saturated heterocycles. The summed E-state index contributed by atoms with van der Waals surface area (Å²) in [5, 5.41) is 0. The van der Waals surface area contributed by atoms with Gasteiger partial charge in [0.2, 0.25) is 0 Å². The zero-order valence-corrected chi connectivity index (χ0v) is 12.7. The minimum absolute atomic E-state index is 0. The van der Waals surface area contributed by atoms with Crippen molar-refractivity contribution in [3.63, 3.8) is 0 Å². The summed E-state index contributed by atoms with van der Waals surface area (Å²) in [6.07, 6.45) is 7.46. The molecule has 0 aliphatic carbocycles.